The van der Waals surface area contributed by atoms with Crippen molar-refractivity contribution in [2.45, 2.75) is 31.2 Å². The molecule has 5 heteroatoms. The zero-order valence-corrected chi connectivity index (χ0v) is 33.0. The number of hydrogen-bond acceptors (Lipinski definition) is 3. The molecular weight excluding hydrogens is 735 g/mol. The summed E-state index contributed by atoms with van der Waals surface area (Å²) in [4.78, 5) is 2.61. The third-order valence-electron chi connectivity index (χ3n) is 13.2. The minimum Gasteiger partial charge on any atom is -0.465 e. The van der Waals surface area contributed by atoms with Crippen LogP contribution in [0.3, 0.4) is 0 Å². The topological polar surface area (TPSA) is 35.5 Å². The van der Waals surface area contributed by atoms with Crippen LogP contribution in [0.5, 0.6) is 5.75 Å². The predicted octanol–water partition coefficient (Wildman–Crippen LogP) is 14.5. The summed E-state index contributed by atoms with van der Waals surface area (Å²) in [5.74, 6) is 1.21. The molecule has 0 bridgehead atoms. The molecular formula is C55H39N3O2. The summed E-state index contributed by atoms with van der Waals surface area (Å²) < 4.78 is 17.6. The average molecular weight is 774 g/mol. The molecule has 13 rings (SSSR count). The summed E-state index contributed by atoms with van der Waals surface area (Å²) in [5, 5.41) is 7.27. The van der Waals surface area contributed by atoms with Crippen LogP contribution in [0.2, 0.25) is 0 Å². The van der Waals surface area contributed by atoms with E-state index in [1.54, 1.807) is 0 Å². The third kappa shape index (κ3) is 4.74. The lowest BCUT2D eigenvalue weighted by Gasteiger charge is -2.30. The molecule has 3 aliphatic rings. The second-order valence-electron chi connectivity index (χ2n) is 16.5. The Labute approximate surface area is 346 Å². The first-order valence-electron chi connectivity index (χ1n) is 21.0. The highest BCUT2D eigenvalue weighted by Gasteiger charge is 2.41. The largest absolute Gasteiger partial charge is 0.465 e. The van der Waals surface area contributed by atoms with Gasteiger partial charge in [-0.25, -0.2) is 0 Å². The molecule has 10 aromatic rings. The van der Waals surface area contributed by atoms with Gasteiger partial charge >= 0.3 is 0 Å². The van der Waals surface area contributed by atoms with Crippen LogP contribution in [0.4, 0.5) is 11.4 Å². The Morgan fingerprint density at radius 1 is 0.583 bits per heavy atom. The molecule has 286 valence electrons. The fraction of sp³-hybridized carbons (Fsp3) is 0.0909. The Morgan fingerprint density at radius 2 is 1.25 bits per heavy atom. The first kappa shape index (κ1) is 33.5. The molecule has 0 spiro atoms. The highest BCUT2D eigenvalue weighted by molar-refractivity contribution is 6.17. The molecule has 0 fully saturated rings. The number of para-hydroxylation sites is 5. The summed E-state index contributed by atoms with van der Waals surface area (Å²) in [6.45, 7) is 2.32. The highest BCUT2D eigenvalue weighted by Crippen LogP contribution is 2.54. The van der Waals surface area contributed by atoms with Gasteiger partial charge in [0.2, 0.25) is 0 Å². The van der Waals surface area contributed by atoms with Crippen LogP contribution in [0, 0.1) is 0 Å². The van der Waals surface area contributed by atoms with Crippen molar-refractivity contribution in [2.24, 2.45) is 0 Å². The lowest BCUT2D eigenvalue weighted by molar-refractivity contribution is 0.471. The van der Waals surface area contributed by atoms with Gasteiger partial charge in [-0.05, 0) is 90.2 Å². The van der Waals surface area contributed by atoms with Gasteiger partial charge in [-0.3, -0.25) is 0 Å². The van der Waals surface area contributed by atoms with Gasteiger partial charge in [0, 0.05) is 55.3 Å². The molecule has 3 unspecified atom stereocenters. The van der Waals surface area contributed by atoms with E-state index in [9.17, 15) is 0 Å². The Bertz CT molecular complexity index is 3500. The minimum absolute atomic E-state index is 0.0399. The van der Waals surface area contributed by atoms with E-state index in [1.165, 1.54) is 71.8 Å². The summed E-state index contributed by atoms with van der Waals surface area (Å²) in [7, 11) is 0. The molecule has 2 aliphatic heterocycles. The summed E-state index contributed by atoms with van der Waals surface area (Å²) in [6, 6.07) is 54.9. The van der Waals surface area contributed by atoms with Crippen LogP contribution in [0.1, 0.15) is 36.3 Å². The quantitative estimate of drug-likeness (QED) is 0.179. The fourth-order valence-corrected chi connectivity index (χ4v) is 10.6. The van der Waals surface area contributed by atoms with E-state index >= 15 is 0 Å². The zero-order valence-electron chi connectivity index (χ0n) is 33.0. The molecule has 0 amide bonds. The second-order valence-corrected chi connectivity index (χ2v) is 16.5. The number of furan rings is 1. The van der Waals surface area contributed by atoms with Gasteiger partial charge < -0.3 is 23.2 Å². The van der Waals surface area contributed by atoms with Crippen LogP contribution in [0.25, 0.3) is 76.9 Å². The number of anilines is 2. The molecule has 60 heavy (non-hydrogen) atoms. The lowest BCUT2D eigenvalue weighted by atomic mass is 9.89. The summed E-state index contributed by atoms with van der Waals surface area (Å²) in [6.07, 6.45) is 14.3. The number of allylic oxidation sites excluding steroid dienone is 5. The third-order valence-corrected chi connectivity index (χ3v) is 13.2. The van der Waals surface area contributed by atoms with Crippen LogP contribution in [-0.4, -0.2) is 15.2 Å². The average Bonchev–Trinajstić information content (AvgIpc) is 4.04. The Hall–Kier alpha value is -7.50. The molecule has 3 atom stereocenters. The number of rotatable bonds is 3. The molecule has 0 saturated carbocycles. The second kappa shape index (κ2) is 12.7. The van der Waals surface area contributed by atoms with Gasteiger partial charge in [-0.1, -0.05) is 122 Å². The first-order valence-corrected chi connectivity index (χ1v) is 21.0. The first-order chi connectivity index (χ1) is 29.7. The van der Waals surface area contributed by atoms with Gasteiger partial charge in [0.15, 0.2) is 0 Å². The number of fused-ring (bicyclic) bond motifs is 14. The molecule has 0 N–H and O–H groups in total. The Morgan fingerprint density at radius 3 is 2.05 bits per heavy atom. The van der Waals surface area contributed by atoms with Crippen molar-refractivity contribution in [1.82, 2.24) is 9.13 Å². The predicted molar refractivity (Wildman–Crippen MR) is 248 cm³/mol. The highest BCUT2D eigenvalue weighted by atomic mass is 16.5. The lowest BCUT2D eigenvalue weighted by Crippen LogP contribution is -2.29. The van der Waals surface area contributed by atoms with Crippen molar-refractivity contribution in [1.29, 1.82) is 0 Å². The van der Waals surface area contributed by atoms with Crippen molar-refractivity contribution < 1.29 is 9.15 Å². The zero-order chi connectivity index (χ0) is 39.5. The van der Waals surface area contributed by atoms with Crippen molar-refractivity contribution in [3.8, 4) is 5.75 Å². The van der Waals surface area contributed by atoms with Crippen molar-refractivity contribution in [3.05, 3.63) is 199 Å². The standard InChI is InChI=1S/C55H39N3O2/c1-34-31-35(13-12-30-59-51-22-10-5-14-38(34)51)57-49-21-9-4-17-41(49)43-26-27-44-45-32-36(56-47-19-7-2-15-39(47)40-16-3-8-20-48(40)56)24-28-50(45)58(55(44)54(43)57)37-25-29-53-46(33-37)42-18-6-11-23-52(42)60-53/h2-30,32-34,45,50H,31H2,1H3/b30-12+,35-13+. The molecule has 7 aromatic carbocycles. The van der Waals surface area contributed by atoms with Gasteiger partial charge in [0.1, 0.15) is 16.9 Å². The smallest absolute Gasteiger partial charge is 0.135 e. The number of nitrogens with zero attached hydrogens (tertiary/aromatic N) is 3. The van der Waals surface area contributed by atoms with Gasteiger partial charge in [0.05, 0.1) is 40.1 Å². The SMILES string of the molecule is CC1C/C(n2c3ccccc3c3ccc4c(c32)N(c2ccc3oc5ccccc5c3c2)C2C=CC(n3c5ccccc5c5ccccc53)=CC42)=C\C=C\Oc2ccccc21. The van der Waals surface area contributed by atoms with E-state index in [0.717, 1.165) is 39.8 Å². The Kier molecular flexibility index (Phi) is 7.11. The van der Waals surface area contributed by atoms with Crippen molar-refractivity contribution >= 4 is 88.3 Å². The van der Waals surface area contributed by atoms with Crippen LogP contribution < -0.4 is 9.64 Å². The Balaban J connectivity index is 1.08. The van der Waals surface area contributed by atoms with Crippen LogP contribution in [0.15, 0.2) is 193 Å². The monoisotopic (exact) mass is 773 g/mol. The van der Waals surface area contributed by atoms with Crippen molar-refractivity contribution in [3.63, 3.8) is 0 Å². The number of benzene rings is 7. The maximum absolute atomic E-state index is 6.37. The van der Waals surface area contributed by atoms with Gasteiger partial charge in [-0.2, -0.15) is 0 Å². The molecule has 0 saturated heterocycles. The molecule has 5 nitrogen and oxygen atoms in total. The van der Waals surface area contributed by atoms with E-state index in [2.05, 4.69) is 197 Å². The van der Waals surface area contributed by atoms with Gasteiger partial charge in [-0.15, -0.1) is 0 Å². The molecule has 1 aliphatic carbocycles. The van der Waals surface area contributed by atoms with E-state index in [0.29, 0.717) is 0 Å². The number of ether oxygens (including phenoxy) is 1. The van der Waals surface area contributed by atoms with Crippen LogP contribution >= 0.6 is 0 Å². The molecule has 5 heterocycles. The fourth-order valence-electron chi connectivity index (χ4n) is 10.6. The van der Waals surface area contributed by atoms with E-state index < -0.39 is 0 Å². The summed E-state index contributed by atoms with van der Waals surface area (Å²) >= 11 is 0. The number of hydrogen-bond donors (Lipinski definition) is 0. The van der Waals surface area contributed by atoms with Gasteiger partial charge in [0.25, 0.3) is 0 Å². The molecule has 3 aromatic heterocycles. The minimum atomic E-state index is 0.0399. The maximum atomic E-state index is 6.37. The molecule has 0 radical (unpaired) electrons. The van der Waals surface area contributed by atoms with Crippen LogP contribution in [-0.2, 0) is 0 Å². The van der Waals surface area contributed by atoms with E-state index in [4.69, 9.17) is 9.15 Å². The summed E-state index contributed by atoms with van der Waals surface area (Å²) in [5.41, 5.74) is 14.0. The van der Waals surface area contributed by atoms with E-state index in [1.807, 2.05) is 12.3 Å². The number of aromatic nitrogens is 2. The van der Waals surface area contributed by atoms with E-state index in [-0.39, 0.29) is 17.9 Å². The van der Waals surface area contributed by atoms with Crippen molar-refractivity contribution in [2.75, 3.05) is 4.90 Å². The normalized spacial score (nSPS) is 20.1. The maximum Gasteiger partial charge on any atom is 0.135 e.